The Morgan fingerprint density at radius 2 is 1.78 bits per heavy atom. The second kappa shape index (κ2) is 5.79. The lowest BCUT2D eigenvalue weighted by Crippen LogP contribution is -2.13. The van der Waals surface area contributed by atoms with Crippen molar-refractivity contribution in [2.24, 2.45) is 0 Å². The Morgan fingerprint density at radius 1 is 1.22 bits per heavy atom. The molecule has 7 heteroatoms. The van der Waals surface area contributed by atoms with Crippen molar-refractivity contribution in [2.45, 2.75) is 6.10 Å². The molecule has 1 rings (SSSR count). The van der Waals surface area contributed by atoms with Gasteiger partial charge in [0, 0.05) is 6.07 Å². The molecule has 0 fully saturated rings. The van der Waals surface area contributed by atoms with E-state index in [2.05, 4.69) is 0 Å². The van der Waals surface area contributed by atoms with E-state index < -0.39 is 12.1 Å². The third-order valence-corrected chi connectivity index (χ3v) is 2.71. The predicted octanol–water partition coefficient (Wildman–Crippen LogP) is 1.48. The van der Waals surface area contributed by atoms with Gasteiger partial charge in [0.2, 0.25) is 0 Å². The maximum atomic E-state index is 10.8. The predicted molar refractivity (Wildman–Crippen MR) is 63.7 cm³/mol. The Labute approximate surface area is 109 Å². The molecule has 100 valence electrons. The van der Waals surface area contributed by atoms with Crippen molar-refractivity contribution >= 4 is 17.6 Å². The van der Waals surface area contributed by atoms with Crippen molar-refractivity contribution in [3.63, 3.8) is 0 Å². The minimum absolute atomic E-state index is 0.0661. The van der Waals surface area contributed by atoms with Crippen molar-refractivity contribution in [1.82, 2.24) is 0 Å². The molecule has 0 amide bonds. The van der Waals surface area contributed by atoms with Gasteiger partial charge in [-0.2, -0.15) is 0 Å². The minimum Gasteiger partial charge on any atom is -0.496 e. The Kier molecular flexibility index (Phi) is 4.63. The maximum absolute atomic E-state index is 10.8. The average Bonchev–Trinajstić information content (AvgIpc) is 2.36. The zero-order chi connectivity index (χ0) is 13.9. The number of ether oxygens (including phenoxy) is 3. The second-order valence-electron chi connectivity index (χ2n) is 3.28. The Balaban J connectivity index is 3.53. The molecular formula is C11H13ClO6. The van der Waals surface area contributed by atoms with Crippen molar-refractivity contribution < 1.29 is 29.2 Å². The van der Waals surface area contributed by atoms with Gasteiger partial charge in [-0.05, 0) is 0 Å². The average molecular weight is 277 g/mol. The second-order valence-corrected chi connectivity index (χ2v) is 3.66. The van der Waals surface area contributed by atoms with E-state index in [1.54, 1.807) is 0 Å². The molecule has 0 bridgehead atoms. The number of carboxylic acids is 1. The summed E-state index contributed by atoms with van der Waals surface area (Å²) in [5, 5.41) is 18.4. The van der Waals surface area contributed by atoms with Crippen LogP contribution in [0.4, 0.5) is 0 Å². The van der Waals surface area contributed by atoms with Crippen LogP contribution in [0.2, 0.25) is 5.02 Å². The van der Waals surface area contributed by atoms with Gasteiger partial charge in [-0.3, -0.25) is 0 Å². The first-order chi connectivity index (χ1) is 8.47. The van der Waals surface area contributed by atoms with Crippen LogP contribution in [0.5, 0.6) is 17.2 Å². The molecular weight excluding hydrogens is 264 g/mol. The van der Waals surface area contributed by atoms with E-state index in [1.165, 1.54) is 27.4 Å². The van der Waals surface area contributed by atoms with Gasteiger partial charge in [0.1, 0.15) is 5.75 Å². The quantitative estimate of drug-likeness (QED) is 0.847. The molecule has 0 heterocycles. The fourth-order valence-electron chi connectivity index (χ4n) is 1.49. The standard InChI is InChI=1S/C11H13ClO6/c1-16-5-4-6(17-2)10(18-3)8(12)7(5)9(13)11(14)15/h4,9,13H,1-3H3,(H,14,15). The molecule has 0 aliphatic heterocycles. The van der Waals surface area contributed by atoms with Gasteiger partial charge in [0.05, 0.1) is 31.9 Å². The summed E-state index contributed by atoms with van der Waals surface area (Å²) in [4.78, 5) is 10.8. The van der Waals surface area contributed by atoms with Crippen molar-refractivity contribution in [3.05, 3.63) is 16.7 Å². The first-order valence-electron chi connectivity index (χ1n) is 4.87. The highest BCUT2D eigenvalue weighted by molar-refractivity contribution is 6.33. The SMILES string of the molecule is COc1cc(OC)c(C(O)C(=O)O)c(Cl)c1OC. The number of rotatable bonds is 5. The van der Waals surface area contributed by atoms with E-state index in [9.17, 15) is 9.90 Å². The lowest BCUT2D eigenvalue weighted by molar-refractivity contribution is -0.147. The maximum Gasteiger partial charge on any atom is 0.337 e. The number of halogens is 1. The molecule has 1 aromatic carbocycles. The number of aliphatic hydroxyl groups is 1. The summed E-state index contributed by atoms with van der Waals surface area (Å²) in [6.45, 7) is 0. The van der Waals surface area contributed by atoms with E-state index in [1.807, 2.05) is 0 Å². The molecule has 0 aliphatic rings. The summed E-state index contributed by atoms with van der Waals surface area (Å²) in [5.74, 6) is -0.925. The van der Waals surface area contributed by atoms with E-state index in [0.717, 1.165) is 0 Å². The molecule has 0 radical (unpaired) electrons. The lowest BCUT2D eigenvalue weighted by Gasteiger charge is -2.18. The fourth-order valence-corrected chi connectivity index (χ4v) is 1.86. The molecule has 2 N–H and O–H groups in total. The highest BCUT2D eigenvalue weighted by Gasteiger charge is 2.28. The zero-order valence-electron chi connectivity index (χ0n) is 10.1. The molecule has 18 heavy (non-hydrogen) atoms. The topological polar surface area (TPSA) is 85.2 Å². The highest BCUT2D eigenvalue weighted by Crippen LogP contribution is 2.45. The fraction of sp³-hybridized carbons (Fsp3) is 0.364. The number of carbonyl (C=O) groups is 1. The molecule has 1 aromatic rings. The highest BCUT2D eigenvalue weighted by atomic mass is 35.5. The lowest BCUT2D eigenvalue weighted by atomic mass is 10.1. The zero-order valence-corrected chi connectivity index (χ0v) is 10.8. The Hall–Kier alpha value is -1.66. The molecule has 0 saturated carbocycles. The number of methoxy groups -OCH3 is 3. The Bertz CT molecular complexity index is 459. The number of hydrogen-bond acceptors (Lipinski definition) is 5. The summed E-state index contributed by atoms with van der Waals surface area (Å²) in [6, 6.07) is 1.40. The van der Waals surface area contributed by atoms with Gasteiger partial charge in [-0.15, -0.1) is 0 Å². The monoisotopic (exact) mass is 276 g/mol. The minimum atomic E-state index is -1.81. The van der Waals surface area contributed by atoms with Crippen molar-refractivity contribution in [2.75, 3.05) is 21.3 Å². The van der Waals surface area contributed by atoms with Crippen LogP contribution in [0.25, 0.3) is 0 Å². The number of aliphatic hydroxyl groups excluding tert-OH is 1. The van der Waals surface area contributed by atoms with Crippen LogP contribution >= 0.6 is 11.6 Å². The molecule has 1 atom stereocenters. The van der Waals surface area contributed by atoms with Gasteiger partial charge >= 0.3 is 5.97 Å². The van der Waals surface area contributed by atoms with E-state index in [0.29, 0.717) is 0 Å². The summed E-state index contributed by atoms with van der Waals surface area (Å²) >= 11 is 6.01. The smallest absolute Gasteiger partial charge is 0.337 e. The molecule has 6 nitrogen and oxygen atoms in total. The van der Waals surface area contributed by atoms with Crippen LogP contribution in [-0.4, -0.2) is 37.5 Å². The molecule has 0 saturated heterocycles. The van der Waals surface area contributed by atoms with Gasteiger partial charge in [0.25, 0.3) is 0 Å². The molecule has 0 aromatic heterocycles. The largest absolute Gasteiger partial charge is 0.496 e. The first-order valence-corrected chi connectivity index (χ1v) is 5.24. The van der Waals surface area contributed by atoms with Gasteiger partial charge < -0.3 is 24.4 Å². The van der Waals surface area contributed by atoms with Gasteiger partial charge in [-0.25, -0.2) is 4.79 Å². The number of carboxylic acid groups (broad SMARTS) is 1. The number of aliphatic carboxylic acids is 1. The third-order valence-electron chi connectivity index (χ3n) is 2.34. The molecule has 0 aliphatic carbocycles. The summed E-state index contributed by atoms with van der Waals surface area (Å²) in [7, 11) is 4.09. The van der Waals surface area contributed by atoms with E-state index in [4.69, 9.17) is 30.9 Å². The normalized spacial score (nSPS) is 11.8. The van der Waals surface area contributed by atoms with Gasteiger partial charge in [-0.1, -0.05) is 11.6 Å². The number of benzene rings is 1. The van der Waals surface area contributed by atoms with Crippen LogP contribution in [0.1, 0.15) is 11.7 Å². The summed E-state index contributed by atoms with van der Waals surface area (Å²) in [6.07, 6.45) is -1.81. The summed E-state index contributed by atoms with van der Waals surface area (Å²) in [5.41, 5.74) is -0.0793. The third kappa shape index (κ3) is 2.44. The summed E-state index contributed by atoms with van der Waals surface area (Å²) < 4.78 is 15.1. The van der Waals surface area contributed by atoms with E-state index in [-0.39, 0.29) is 27.8 Å². The van der Waals surface area contributed by atoms with Crippen LogP contribution in [0.15, 0.2) is 6.07 Å². The number of hydrogen-bond donors (Lipinski definition) is 2. The first kappa shape index (κ1) is 14.4. The Morgan fingerprint density at radius 3 is 2.17 bits per heavy atom. The van der Waals surface area contributed by atoms with Crippen LogP contribution in [0, 0.1) is 0 Å². The van der Waals surface area contributed by atoms with E-state index >= 15 is 0 Å². The van der Waals surface area contributed by atoms with Crippen molar-refractivity contribution in [3.8, 4) is 17.2 Å². The molecule has 1 unspecified atom stereocenters. The van der Waals surface area contributed by atoms with Crippen molar-refractivity contribution in [1.29, 1.82) is 0 Å². The molecule has 0 spiro atoms. The van der Waals surface area contributed by atoms with Crippen LogP contribution in [-0.2, 0) is 4.79 Å². The van der Waals surface area contributed by atoms with Gasteiger partial charge in [0.15, 0.2) is 17.6 Å². The van der Waals surface area contributed by atoms with Crippen LogP contribution in [0.3, 0.4) is 0 Å². The van der Waals surface area contributed by atoms with Crippen LogP contribution < -0.4 is 14.2 Å².